The highest BCUT2D eigenvalue weighted by molar-refractivity contribution is 9.08. The lowest BCUT2D eigenvalue weighted by Crippen LogP contribution is -2.54. The molecule has 0 saturated carbocycles. The SMILES string of the molecule is OC(c1cccc(CBr)n1)(C(F)(F)F)C(F)(F)F. The lowest BCUT2D eigenvalue weighted by Gasteiger charge is -2.31. The van der Waals surface area contributed by atoms with Crippen LogP contribution in [0.15, 0.2) is 18.2 Å². The van der Waals surface area contributed by atoms with Crippen LogP contribution in [-0.2, 0) is 10.9 Å². The van der Waals surface area contributed by atoms with E-state index in [0.29, 0.717) is 6.07 Å². The molecule has 0 saturated heterocycles. The van der Waals surface area contributed by atoms with E-state index >= 15 is 0 Å². The molecule has 0 radical (unpaired) electrons. The molecule has 0 aliphatic rings. The van der Waals surface area contributed by atoms with Gasteiger partial charge in [-0.15, -0.1) is 0 Å². The fourth-order valence-corrected chi connectivity index (χ4v) is 1.52. The second kappa shape index (κ2) is 4.69. The maximum atomic E-state index is 12.5. The standard InChI is InChI=1S/C9H6BrF6NO/c10-4-5-2-1-3-6(17-5)7(18,8(11,12)13)9(14,15)16/h1-3,18H,4H2. The first kappa shape index (κ1) is 15.2. The van der Waals surface area contributed by atoms with Crippen LogP contribution in [0.25, 0.3) is 0 Å². The summed E-state index contributed by atoms with van der Waals surface area (Å²) in [5, 5.41) is 9.01. The van der Waals surface area contributed by atoms with E-state index in [-0.39, 0.29) is 11.0 Å². The third-order valence-electron chi connectivity index (χ3n) is 2.13. The number of aliphatic hydroxyl groups is 1. The zero-order valence-corrected chi connectivity index (χ0v) is 10.1. The molecule has 0 aliphatic carbocycles. The van der Waals surface area contributed by atoms with Crippen LogP contribution in [0.4, 0.5) is 26.3 Å². The van der Waals surface area contributed by atoms with Gasteiger partial charge in [0, 0.05) is 5.33 Å². The summed E-state index contributed by atoms with van der Waals surface area (Å²) in [5.41, 5.74) is -6.53. The fraction of sp³-hybridized carbons (Fsp3) is 0.444. The van der Waals surface area contributed by atoms with Crippen LogP contribution in [0.3, 0.4) is 0 Å². The monoisotopic (exact) mass is 337 g/mol. The molecule has 0 aliphatic heterocycles. The molecule has 9 heteroatoms. The van der Waals surface area contributed by atoms with Crippen molar-refractivity contribution < 1.29 is 31.4 Å². The van der Waals surface area contributed by atoms with Gasteiger partial charge in [-0.3, -0.25) is 4.98 Å². The van der Waals surface area contributed by atoms with Gasteiger partial charge in [-0.1, -0.05) is 22.0 Å². The number of hydrogen-bond acceptors (Lipinski definition) is 2. The van der Waals surface area contributed by atoms with Crippen LogP contribution >= 0.6 is 15.9 Å². The van der Waals surface area contributed by atoms with E-state index < -0.39 is 23.6 Å². The van der Waals surface area contributed by atoms with Crippen molar-refractivity contribution in [3.8, 4) is 0 Å². The molecule has 0 atom stereocenters. The lowest BCUT2D eigenvalue weighted by molar-refractivity contribution is -0.377. The van der Waals surface area contributed by atoms with E-state index in [1.165, 1.54) is 6.07 Å². The summed E-state index contributed by atoms with van der Waals surface area (Å²) in [4.78, 5) is 3.16. The number of rotatable bonds is 2. The van der Waals surface area contributed by atoms with Crippen molar-refractivity contribution in [3.63, 3.8) is 0 Å². The van der Waals surface area contributed by atoms with Gasteiger partial charge >= 0.3 is 12.4 Å². The van der Waals surface area contributed by atoms with E-state index in [9.17, 15) is 26.3 Å². The van der Waals surface area contributed by atoms with E-state index in [2.05, 4.69) is 20.9 Å². The number of alkyl halides is 7. The molecule has 0 amide bonds. The van der Waals surface area contributed by atoms with Crippen LogP contribution in [0.2, 0.25) is 0 Å². The average Bonchev–Trinajstić information content (AvgIpc) is 2.25. The Kier molecular flexibility index (Phi) is 3.97. The summed E-state index contributed by atoms with van der Waals surface area (Å²) < 4.78 is 75.0. The quantitative estimate of drug-likeness (QED) is 0.663. The minimum Gasteiger partial charge on any atom is -0.368 e. The zero-order chi connectivity index (χ0) is 14.2. The van der Waals surface area contributed by atoms with Crippen LogP contribution in [0.1, 0.15) is 11.4 Å². The third kappa shape index (κ3) is 2.46. The summed E-state index contributed by atoms with van der Waals surface area (Å²) in [6.07, 6.45) is -11.8. The minimum atomic E-state index is -5.91. The molecule has 2 nitrogen and oxygen atoms in total. The minimum absolute atomic E-state index is 0.0351. The van der Waals surface area contributed by atoms with Crippen LogP contribution in [-0.4, -0.2) is 22.4 Å². The molecule has 1 aromatic rings. The van der Waals surface area contributed by atoms with Crippen molar-refractivity contribution in [2.24, 2.45) is 0 Å². The first-order valence-corrected chi connectivity index (χ1v) is 5.54. The number of halogens is 7. The molecular weight excluding hydrogens is 332 g/mol. The predicted molar refractivity (Wildman–Crippen MR) is 52.9 cm³/mol. The Hall–Kier alpha value is -0.830. The Morgan fingerprint density at radius 2 is 1.56 bits per heavy atom. The van der Waals surface area contributed by atoms with Gasteiger partial charge in [-0.2, -0.15) is 26.3 Å². The maximum Gasteiger partial charge on any atom is 0.432 e. The highest BCUT2D eigenvalue weighted by Crippen LogP contribution is 2.49. The number of hydrogen-bond donors (Lipinski definition) is 1. The van der Waals surface area contributed by atoms with Gasteiger partial charge in [0.25, 0.3) is 5.60 Å². The summed E-state index contributed by atoms with van der Waals surface area (Å²) in [6, 6.07) is 2.67. The molecule has 0 fully saturated rings. The molecule has 1 rings (SSSR count). The topological polar surface area (TPSA) is 33.1 Å². The van der Waals surface area contributed by atoms with Gasteiger partial charge in [0.1, 0.15) is 0 Å². The second-order valence-electron chi connectivity index (χ2n) is 3.35. The van der Waals surface area contributed by atoms with Crippen LogP contribution < -0.4 is 0 Å². The van der Waals surface area contributed by atoms with Crippen molar-refractivity contribution in [3.05, 3.63) is 29.6 Å². The third-order valence-corrected chi connectivity index (χ3v) is 2.71. The molecule has 18 heavy (non-hydrogen) atoms. The summed E-state index contributed by atoms with van der Waals surface area (Å²) in [6.45, 7) is 0. The molecule has 0 aromatic carbocycles. The number of aromatic nitrogens is 1. The van der Waals surface area contributed by atoms with Crippen molar-refractivity contribution in [1.29, 1.82) is 0 Å². The molecule has 102 valence electrons. The Bertz CT molecular complexity index is 416. The second-order valence-corrected chi connectivity index (χ2v) is 3.91. The first-order chi connectivity index (χ1) is 8.04. The van der Waals surface area contributed by atoms with Gasteiger partial charge in [0.15, 0.2) is 0 Å². The van der Waals surface area contributed by atoms with Gasteiger partial charge < -0.3 is 5.11 Å². The Morgan fingerprint density at radius 3 is 1.94 bits per heavy atom. The molecule has 0 bridgehead atoms. The Balaban J connectivity index is 3.45. The first-order valence-electron chi connectivity index (χ1n) is 4.42. The smallest absolute Gasteiger partial charge is 0.368 e. The molecule has 1 aromatic heterocycles. The molecule has 0 unspecified atom stereocenters. The summed E-state index contributed by atoms with van der Waals surface area (Å²) in [7, 11) is 0. The van der Waals surface area contributed by atoms with Crippen molar-refractivity contribution in [2.75, 3.05) is 0 Å². The normalized spacial score (nSPS) is 13.8. The fourth-order valence-electron chi connectivity index (χ4n) is 1.21. The highest BCUT2D eigenvalue weighted by atomic mass is 79.9. The van der Waals surface area contributed by atoms with Crippen LogP contribution in [0.5, 0.6) is 0 Å². The highest BCUT2D eigenvalue weighted by Gasteiger charge is 2.72. The molecule has 1 N–H and O–H groups in total. The van der Waals surface area contributed by atoms with Gasteiger partial charge in [-0.25, -0.2) is 0 Å². The van der Waals surface area contributed by atoms with E-state index in [0.717, 1.165) is 6.07 Å². The molecular formula is C9H6BrF6NO. The number of pyridine rings is 1. The van der Waals surface area contributed by atoms with Crippen molar-refractivity contribution in [2.45, 2.75) is 23.3 Å². The van der Waals surface area contributed by atoms with E-state index in [1.54, 1.807) is 0 Å². The van der Waals surface area contributed by atoms with E-state index in [1.807, 2.05) is 0 Å². The van der Waals surface area contributed by atoms with Crippen molar-refractivity contribution in [1.82, 2.24) is 4.98 Å². The van der Waals surface area contributed by atoms with Crippen LogP contribution in [0, 0.1) is 0 Å². The van der Waals surface area contributed by atoms with Gasteiger partial charge in [-0.05, 0) is 12.1 Å². The number of nitrogens with zero attached hydrogens (tertiary/aromatic N) is 1. The molecule has 1 heterocycles. The van der Waals surface area contributed by atoms with Gasteiger partial charge in [0.2, 0.25) is 0 Å². The predicted octanol–water partition coefficient (Wildman–Crippen LogP) is 3.29. The lowest BCUT2D eigenvalue weighted by atomic mass is 9.97. The average molecular weight is 338 g/mol. The Labute approximate surface area is 106 Å². The maximum absolute atomic E-state index is 12.5. The zero-order valence-electron chi connectivity index (χ0n) is 8.48. The largest absolute Gasteiger partial charge is 0.432 e. The summed E-state index contributed by atoms with van der Waals surface area (Å²) in [5.74, 6) is 0. The van der Waals surface area contributed by atoms with E-state index in [4.69, 9.17) is 5.11 Å². The Morgan fingerprint density at radius 1 is 1.06 bits per heavy atom. The van der Waals surface area contributed by atoms with Gasteiger partial charge in [0.05, 0.1) is 11.4 Å². The summed E-state index contributed by atoms with van der Waals surface area (Å²) >= 11 is 2.85. The molecule has 0 spiro atoms. The van der Waals surface area contributed by atoms with Crippen molar-refractivity contribution >= 4 is 15.9 Å².